The van der Waals surface area contributed by atoms with E-state index in [2.05, 4.69) is 25.3 Å². The van der Waals surface area contributed by atoms with Crippen LogP contribution < -0.4 is 5.32 Å². The molecular formula is C18H17N5OS. The average molecular weight is 351 g/mol. The van der Waals surface area contributed by atoms with E-state index in [1.165, 1.54) is 18.0 Å². The molecule has 1 aromatic carbocycles. The normalized spacial score (nSPS) is 10.5. The second-order valence-corrected chi connectivity index (χ2v) is 6.60. The van der Waals surface area contributed by atoms with Crippen LogP contribution in [0, 0.1) is 20.8 Å². The van der Waals surface area contributed by atoms with Gasteiger partial charge in [0, 0.05) is 28.2 Å². The van der Waals surface area contributed by atoms with Crippen LogP contribution >= 0.6 is 11.8 Å². The minimum absolute atomic E-state index is 0.285. The molecule has 0 atom stereocenters. The Bertz CT molecular complexity index is 874. The van der Waals surface area contributed by atoms with Crippen molar-refractivity contribution < 1.29 is 4.79 Å². The van der Waals surface area contributed by atoms with Crippen molar-refractivity contribution in [3.63, 3.8) is 0 Å². The number of benzene rings is 1. The van der Waals surface area contributed by atoms with Gasteiger partial charge in [-0.3, -0.25) is 9.78 Å². The van der Waals surface area contributed by atoms with Gasteiger partial charge < -0.3 is 5.32 Å². The molecule has 25 heavy (non-hydrogen) atoms. The van der Waals surface area contributed by atoms with E-state index in [0.717, 1.165) is 22.0 Å². The molecule has 1 amide bonds. The molecule has 0 aliphatic carbocycles. The number of hydrogen-bond acceptors (Lipinski definition) is 6. The third-order valence-electron chi connectivity index (χ3n) is 3.30. The molecule has 2 aromatic heterocycles. The zero-order valence-electron chi connectivity index (χ0n) is 14.1. The maximum absolute atomic E-state index is 12.1. The van der Waals surface area contributed by atoms with Gasteiger partial charge in [-0.15, -0.1) is 0 Å². The first-order valence-electron chi connectivity index (χ1n) is 7.70. The van der Waals surface area contributed by atoms with Crippen LogP contribution in [-0.4, -0.2) is 25.8 Å². The lowest BCUT2D eigenvalue weighted by molar-refractivity contribution is 0.102. The number of amides is 1. The summed E-state index contributed by atoms with van der Waals surface area (Å²) in [6, 6.07) is 9.45. The van der Waals surface area contributed by atoms with Crippen LogP contribution in [0.4, 0.5) is 5.69 Å². The molecule has 7 heteroatoms. The molecule has 0 saturated carbocycles. The van der Waals surface area contributed by atoms with Crippen molar-refractivity contribution in [1.29, 1.82) is 0 Å². The molecule has 0 bridgehead atoms. The predicted molar refractivity (Wildman–Crippen MR) is 96.8 cm³/mol. The van der Waals surface area contributed by atoms with Crippen molar-refractivity contribution in [3.8, 4) is 0 Å². The standard InChI is InChI=1S/C18H17N5OS/c1-11-8-12(2)22-18(21-11)25-15-6-4-14(5-7-15)23-17(24)16-10-19-13(3)9-20-16/h4-10H,1-3H3,(H,23,24). The van der Waals surface area contributed by atoms with Crippen LogP contribution in [0.3, 0.4) is 0 Å². The first-order chi connectivity index (χ1) is 12.0. The number of hydrogen-bond donors (Lipinski definition) is 1. The molecule has 0 aliphatic rings. The van der Waals surface area contributed by atoms with Gasteiger partial charge in [-0.1, -0.05) is 0 Å². The van der Waals surface area contributed by atoms with Gasteiger partial charge in [-0.25, -0.2) is 15.0 Å². The molecule has 126 valence electrons. The van der Waals surface area contributed by atoms with E-state index >= 15 is 0 Å². The lowest BCUT2D eigenvalue weighted by atomic mass is 10.3. The number of nitrogens with one attached hydrogen (secondary N) is 1. The van der Waals surface area contributed by atoms with Crippen molar-refractivity contribution in [2.45, 2.75) is 30.8 Å². The van der Waals surface area contributed by atoms with Crippen LogP contribution in [0.2, 0.25) is 0 Å². The highest BCUT2D eigenvalue weighted by molar-refractivity contribution is 7.99. The Hall–Kier alpha value is -2.80. The van der Waals surface area contributed by atoms with E-state index < -0.39 is 0 Å². The summed E-state index contributed by atoms with van der Waals surface area (Å²) in [7, 11) is 0. The second kappa shape index (κ2) is 7.40. The number of aromatic nitrogens is 4. The summed E-state index contributed by atoms with van der Waals surface area (Å²) in [5.74, 6) is -0.287. The van der Waals surface area contributed by atoms with E-state index in [4.69, 9.17) is 0 Å². The molecule has 0 radical (unpaired) electrons. The van der Waals surface area contributed by atoms with Crippen molar-refractivity contribution in [3.05, 3.63) is 65.5 Å². The molecular weight excluding hydrogens is 334 g/mol. The summed E-state index contributed by atoms with van der Waals surface area (Å²) in [5.41, 5.74) is 3.63. The molecule has 0 unspecified atom stereocenters. The summed E-state index contributed by atoms with van der Waals surface area (Å²) in [4.78, 5) is 30.1. The fourth-order valence-electron chi connectivity index (χ4n) is 2.16. The van der Waals surface area contributed by atoms with Crippen LogP contribution in [0.5, 0.6) is 0 Å². The molecule has 2 heterocycles. The Kier molecular flexibility index (Phi) is 5.04. The van der Waals surface area contributed by atoms with E-state index in [0.29, 0.717) is 10.8 Å². The molecule has 3 aromatic rings. The lowest BCUT2D eigenvalue weighted by Crippen LogP contribution is -2.14. The minimum Gasteiger partial charge on any atom is -0.321 e. The molecule has 6 nitrogen and oxygen atoms in total. The van der Waals surface area contributed by atoms with Gasteiger partial charge in [0.1, 0.15) is 5.69 Å². The van der Waals surface area contributed by atoms with Gasteiger partial charge in [-0.2, -0.15) is 0 Å². The Morgan fingerprint density at radius 1 is 0.920 bits per heavy atom. The molecule has 0 spiro atoms. The lowest BCUT2D eigenvalue weighted by Gasteiger charge is -2.06. The SMILES string of the molecule is Cc1cnc(C(=O)Nc2ccc(Sc3nc(C)cc(C)n3)cc2)cn1. The molecule has 0 aliphatic heterocycles. The van der Waals surface area contributed by atoms with Crippen LogP contribution in [-0.2, 0) is 0 Å². The number of carbonyl (C=O) groups is 1. The highest BCUT2D eigenvalue weighted by Crippen LogP contribution is 2.26. The van der Waals surface area contributed by atoms with Gasteiger partial charge in [0.15, 0.2) is 5.16 Å². The Labute approximate surface area is 150 Å². The van der Waals surface area contributed by atoms with Gasteiger partial charge >= 0.3 is 0 Å². The largest absolute Gasteiger partial charge is 0.321 e. The Balaban J connectivity index is 1.67. The summed E-state index contributed by atoms with van der Waals surface area (Å²) in [6.45, 7) is 5.72. The average Bonchev–Trinajstić information content (AvgIpc) is 2.56. The summed E-state index contributed by atoms with van der Waals surface area (Å²) < 4.78 is 0. The fourth-order valence-corrected chi connectivity index (χ4v) is 3.02. The maximum Gasteiger partial charge on any atom is 0.275 e. The number of carbonyl (C=O) groups excluding carboxylic acids is 1. The fraction of sp³-hybridized carbons (Fsp3) is 0.167. The third-order valence-corrected chi connectivity index (χ3v) is 4.17. The zero-order chi connectivity index (χ0) is 17.8. The topological polar surface area (TPSA) is 80.7 Å². The Morgan fingerprint density at radius 2 is 1.60 bits per heavy atom. The van der Waals surface area contributed by atoms with E-state index in [1.54, 1.807) is 6.20 Å². The number of aryl methyl sites for hydroxylation is 3. The van der Waals surface area contributed by atoms with E-state index in [1.807, 2.05) is 51.1 Å². The predicted octanol–water partition coefficient (Wildman–Crippen LogP) is 3.60. The van der Waals surface area contributed by atoms with Crippen molar-refractivity contribution in [1.82, 2.24) is 19.9 Å². The van der Waals surface area contributed by atoms with Crippen LogP contribution in [0.25, 0.3) is 0 Å². The Morgan fingerprint density at radius 3 is 2.20 bits per heavy atom. The molecule has 3 rings (SSSR count). The van der Waals surface area contributed by atoms with E-state index in [-0.39, 0.29) is 11.6 Å². The summed E-state index contributed by atoms with van der Waals surface area (Å²) >= 11 is 1.48. The monoisotopic (exact) mass is 351 g/mol. The summed E-state index contributed by atoms with van der Waals surface area (Å²) in [5, 5.41) is 3.52. The maximum atomic E-state index is 12.1. The smallest absolute Gasteiger partial charge is 0.275 e. The van der Waals surface area contributed by atoms with E-state index in [9.17, 15) is 4.79 Å². The van der Waals surface area contributed by atoms with Crippen molar-refractivity contribution in [2.24, 2.45) is 0 Å². The summed E-state index contributed by atoms with van der Waals surface area (Å²) in [6.07, 6.45) is 3.03. The zero-order valence-corrected chi connectivity index (χ0v) is 15.0. The number of rotatable bonds is 4. The minimum atomic E-state index is -0.287. The van der Waals surface area contributed by atoms with Crippen LogP contribution in [0.15, 0.2) is 52.8 Å². The highest BCUT2D eigenvalue weighted by atomic mass is 32.2. The quantitative estimate of drug-likeness (QED) is 0.724. The third kappa shape index (κ3) is 4.60. The first-order valence-corrected chi connectivity index (χ1v) is 8.51. The first kappa shape index (κ1) is 17.0. The van der Waals surface area contributed by atoms with Crippen LogP contribution in [0.1, 0.15) is 27.6 Å². The molecule has 0 saturated heterocycles. The van der Waals surface area contributed by atoms with Gasteiger partial charge in [0.2, 0.25) is 0 Å². The van der Waals surface area contributed by atoms with Gasteiger partial charge in [-0.05, 0) is 62.9 Å². The molecule has 0 fully saturated rings. The van der Waals surface area contributed by atoms with Crippen molar-refractivity contribution >= 4 is 23.4 Å². The van der Waals surface area contributed by atoms with Gasteiger partial charge in [0.25, 0.3) is 5.91 Å². The molecule has 1 N–H and O–H groups in total. The number of anilines is 1. The highest BCUT2D eigenvalue weighted by Gasteiger charge is 2.08. The number of nitrogens with zero attached hydrogens (tertiary/aromatic N) is 4. The second-order valence-electron chi connectivity index (χ2n) is 5.56. The van der Waals surface area contributed by atoms with Gasteiger partial charge in [0.05, 0.1) is 11.9 Å². The van der Waals surface area contributed by atoms with Crippen molar-refractivity contribution in [2.75, 3.05) is 5.32 Å².